The van der Waals surface area contributed by atoms with E-state index in [1.807, 2.05) is 0 Å². The minimum absolute atomic E-state index is 0.0838. The maximum Gasteiger partial charge on any atom is 0.224 e. The van der Waals surface area contributed by atoms with Crippen LogP contribution in [0.2, 0.25) is 0 Å². The molecule has 1 aromatic carbocycles. The number of nitrogens with one attached hydrogen (secondary N) is 1. The van der Waals surface area contributed by atoms with E-state index in [0.29, 0.717) is 12.2 Å². The summed E-state index contributed by atoms with van der Waals surface area (Å²) in [6, 6.07) is 5.01. The number of phenolic OH excluding ortho intramolecular Hbond substituents is 1. The van der Waals surface area contributed by atoms with Crippen molar-refractivity contribution in [3.8, 4) is 11.5 Å². The summed E-state index contributed by atoms with van der Waals surface area (Å²) in [4.78, 5) is 11.5. The lowest BCUT2D eigenvalue weighted by Crippen LogP contribution is -2.34. The molecule has 5 heteroatoms. The van der Waals surface area contributed by atoms with Gasteiger partial charge < -0.3 is 20.9 Å². The zero-order valence-corrected chi connectivity index (χ0v) is 10.1. The maximum atomic E-state index is 11.5. The number of methoxy groups -OCH3 is 1. The van der Waals surface area contributed by atoms with Gasteiger partial charge in [-0.25, -0.2) is 0 Å². The molecule has 0 aliphatic rings. The fourth-order valence-electron chi connectivity index (χ4n) is 1.62. The molecule has 0 aliphatic carbocycles. The summed E-state index contributed by atoms with van der Waals surface area (Å²) >= 11 is 0. The Kier molecular flexibility index (Phi) is 4.78. The first-order valence-corrected chi connectivity index (χ1v) is 5.40. The number of carbonyl (C=O) groups is 1. The van der Waals surface area contributed by atoms with E-state index in [0.717, 1.165) is 5.56 Å². The van der Waals surface area contributed by atoms with Crippen molar-refractivity contribution in [2.45, 2.75) is 6.42 Å². The van der Waals surface area contributed by atoms with Gasteiger partial charge in [-0.15, -0.1) is 0 Å². The summed E-state index contributed by atoms with van der Waals surface area (Å²) in [5, 5.41) is 12.0. The van der Waals surface area contributed by atoms with Crippen LogP contribution in [0, 0.1) is 5.92 Å². The highest BCUT2D eigenvalue weighted by molar-refractivity contribution is 5.78. The van der Waals surface area contributed by atoms with Gasteiger partial charge >= 0.3 is 0 Å². The molecule has 1 rings (SSSR count). The predicted octanol–water partition coefficient (Wildman–Crippen LogP) is 0.264. The SMILES string of the molecule is CNC(=O)C(CN)Cc1ccc(O)c(OC)c1. The van der Waals surface area contributed by atoms with E-state index >= 15 is 0 Å². The van der Waals surface area contributed by atoms with Crippen molar-refractivity contribution in [3.05, 3.63) is 23.8 Å². The summed E-state index contributed by atoms with van der Waals surface area (Å²) in [6.45, 7) is 0.281. The minimum Gasteiger partial charge on any atom is -0.504 e. The molecule has 1 atom stereocenters. The number of phenols is 1. The van der Waals surface area contributed by atoms with Gasteiger partial charge in [0.2, 0.25) is 5.91 Å². The Bertz CT molecular complexity index is 393. The Morgan fingerprint density at radius 2 is 2.29 bits per heavy atom. The molecule has 0 heterocycles. The molecule has 0 aromatic heterocycles. The molecule has 4 N–H and O–H groups in total. The van der Waals surface area contributed by atoms with Gasteiger partial charge in [0.1, 0.15) is 0 Å². The average Bonchev–Trinajstić information content (AvgIpc) is 2.36. The van der Waals surface area contributed by atoms with Crippen LogP contribution in [0.4, 0.5) is 0 Å². The van der Waals surface area contributed by atoms with Gasteiger partial charge in [0.05, 0.1) is 13.0 Å². The van der Waals surface area contributed by atoms with Crippen LogP contribution in [0.25, 0.3) is 0 Å². The van der Waals surface area contributed by atoms with Crippen LogP contribution in [0.3, 0.4) is 0 Å². The third kappa shape index (κ3) is 3.35. The van der Waals surface area contributed by atoms with Crippen molar-refractivity contribution >= 4 is 5.91 Å². The van der Waals surface area contributed by atoms with Crippen molar-refractivity contribution in [2.75, 3.05) is 20.7 Å². The van der Waals surface area contributed by atoms with E-state index in [4.69, 9.17) is 10.5 Å². The lowest BCUT2D eigenvalue weighted by Gasteiger charge is -2.14. The topological polar surface area (TPSA) is 84.6 Å². The van der Waals surface area contributed by atoms with Crippen LogP contribution in [0.15, 0.2) is 18.2 Å². The van der Waals surface area contributed by atoms with Crippen LogP contribution in [-0.4, -0.2) is 31.7 Å². The van der Waals surface area contributed by atoms with Crippen molar-refractivity contribution in [1.29, 1.82) is 0 Å². The fraction of sp³-hybridized carbons (Fsp3) is 0.417. The Hall–Kier alpha value is -1.75. The van der Waals surface area contributed by atoms with Crippen LogP contribution in [0.5, 0.6) is 11.5 Å². The molecular formula is C12H18N2O3. The summed E-state index contributed by atoms with van der Waals surface area (Å²) in [6.07, 6.45) is 0.521. The molecule has 0 spiro atoms. The van der Waals surface area contributed by atoms with Gasteiger partial charge in [-0.3, -0.25) is 4.79 Å². The molecule has 0 saturated heterocycles. The van der Waals surface area contributed by atoms with Gasteiger partial charge in [-0.1, -0.05) is 6.07 Å². The summed E-state index contributed by atoms with van der Waals surface area (Å²) in [7, 11) is 3.07. The largest absolute Gasteiger partial charge is 0.504 e. The Morgan fingerprint density at radius 3 is 2.82 bits per heavy atom. The number of rotatable bonds is 5. The zero-order valence-electron chi connectivity index (χ0n) is 10.1. The number of ether oxygens (including phenoxy) is 1. The molecule has 0 radical (unpaired) electrons. The fourth-order valence-corrected chi connectivity index (χ4v) is 1.62. The summed E-state index contributed by atoms with van der Waals surface area (Å²) in [5.41, 5.74) is 6.46. The molecule has 0 fully saturated rings. The van der Waals surface area contributed by atoms with Gasteiger partial charge in [-0.2, -0.15) is 0 Å². The van der Waals surface area contributed by atoms with E-state index in [-0.39, 0.29) is 24.1 Å². The molecule has 1 unspecified atom stereocenters. The number of hydrogen-bond acceptors (Lipinski definition) is 4. The Labute approximate surface area is 101 Å². The Balaban J connectivity index is 2.83. The van der Waals surface area contributed by atoms with Crippen LogP contribution in [0.1, 0.15) is 5.56 Å². The summed E-state index contributed by atoms with van der Waals surface area (Å²) in [5.74, 6) is 0.129. The zero-order chi connectivity index (χ0) is 12.8. The normalized spacial score (nSPS) is 11.9. The van der Waals surface area contributed by atoms with Gasteiger partial charge in [0.15, 0.2) is 11.5 Å². The second-order valence-electron chi connectivity index (χ2n) is 3.76. The predicted molar refractivity (Wildman–Crippen MR) is 65.0 cm³/mol. The van der Waals surface area contributed by atoms with Crippen LogP contribution < -0.4 is 15.8 Å². The first-order chi connectivity index (χ1) is 8.12. The van der Waals surface area contributed by atoms with E-state index < -0.39 is 0 Å². The van der Waals surface area contributed by atoms with Gasteiger partial charge in [0.25, 0.3) is 0 Å². The number of aromatic hydroxyl groups is 1. The third-order valence-corrected chi connectivity index (χ3v) is 2.63. The first kappa shape index (κ1) is 13.3. The number of carbonyl (C=O) groups excluding carboxylic acids is 1. The third-order valence-electron chi connectivity index (χ3n) is 2.63. The molecule has 17 heavy (non-hydrogen) atoms. The lowest BCUT2D eigenvalue weighted by atomic mass is 9.98. The second-order valence-corrected chi connectivity index (χ2v) is 3.76. The monoisotopic (exact) mass is 238 g/mol. The highest BCUT2D eigenvalue weighted by Gasteiger charge is 2.16. The maximum absolute atomic E-state index is 11.5. The quantitative estimate of drug-likeness (QED) is 0.687. The number of nitrogens with two attached hydrogens (primary N) is 1. The van der Waals surface area contributed by atoms with Crippen molar-refractivity contribution < 1.29 is 14.6 Å². The van der Waals surface area contributed by atoms with E-state index in [1.165, 1.54) is 7.11 Å². The minimum atomic E-state index is -0.269. The smallest absolute Gasteiger partial charge is 0.224 e. The molecule has 5 nitrogen and oxygen atoms in total. The highest BCUT2D eigenvalue weighted by atomic mass is 16.5. The summed E-state index contributed by atoms with van der Waals surface area (Å²) < 4.78 is 5.01. The van der Waals surface area contributed by atoms with Crippen molar-refractivity contribution in [2.24, 2.45) is 11.7 Å². The van der Waals surface area contributed by atoms with E-state index in [9.17, 15) is 9.90 Å². The lowest BCUT2D eigenvalue weighted by molar-refractivity contribution is -0.124. The molecule has 94 valence electrons. The molecule has 1 aromatic rings. The van der Waals surface area contributed by atoms with Crippen LogP contribution in [-0.2, 0) is 11.2 Å². The standard InChI is InChI=1S/C12H18N2O3/c1-14-12(16)9(7-13)5-8-3-4-10(15)11(6-8)17-2/h3-4,6,9,15H,5,7,13H2,1-2H3,(H,14,16). The number of benzene rings is 1. The van der Waals surface area contributed by atoms with Crippen molar-refractivity contribution in [1.82, 2.24) is 5.32 Å². The highest BCUT2D eigenvalue weighted by Crippen LogP contribution is 2.27. The van der Waals surface area contributed by atoms with E-state index in [2.05, 4.69) is 5.32 Å². The van der Waals surface area contributed by atoms with Crippen molar-refractivity contribution in [3.63, 3.8) is 0 Å². The molecule has 0 aliphatic heterocycles. The molecule has 0 bridgehead atoms. The number of hydrogen-bond donors (Lipinski definition) is 3. The molecular weight excluding hydrogens is 220 g/mol. The number of amides is 1. The average molecular weight is 238 g/mol. The van der Waals surface area contributed by atoms with Crippen LogP contribution >= 0.6 is 0 Å². The van der Waals surface area contributed by atoms with Gasteiger partial charge in [-0.05, 0) is 24.1 Å². The van der Waals surface area contributed by atoms with E-state index in [1.54, 1.807) is 25.2 Å². The van der Waals surface area contributed by atoms with Gasteiger partial charge in [0, 0.05) is 13.6 Å². The molecule has 0 saturated carbocycles. The molecule has 1 amide bonds. The Morgan fingerprint density at radius 1 is 1.59 bits per heavy atom. The first-order valence-electron chi connectivity index (χ1n) is 5.40. The second kappa shape index (κ2) is 6.10.